The van der Waals surface area contributed by atoms with Gasteiger partial charge in [0.15, 0.2) is 0 Å². The second-order valence-electron chi connectivity index (χ2n) is 4.01. The second-order valence-corrected chi connectivity index (χ2v) is 4.01. The Morgan fingerprint density at radius 3 is 2.31 bits per heavy atom. The molecule has 0 aromatic rings. The number of methoxy groups -OCH3 is 2. The van der Waals surface area contributed by atoms with Crippen molar-refractivity contribution in [2.45, 2.75) is 25.4 Å². The van der Waals surface area contributed by atoms with Crippen LogP contribution in [0, 0.1) is 17.8 Å². The highest BCUT2D eigenvalue weighted by Crippen LogP contribution is 2.52. The van der Waals surface area contributed by atoms with E-state index in [1.165, 1.54) is 13.5 Å². The van der Waals surface area contributed by atoms with Crippen molar-refractivity contribution in [3.05, 3.63) is 0 Å². The van der Waals surface area contributed by atoms with Gasteiger partial charge in [-0.25, -0.2) is 0 Å². The molecule has 74 valence electrons. The van der Waals surface area contributed by atoms with E-state index in [2.05, 4.69) is 0 Å². The molecule has 0 heterocycles. The lowest BCUT2D eigenvalue weighted by atomic mass is 9.55. The second kappa shape index (κ2) is 3.29. The number of carbonyl (C=O) groups excluding carboxylic acids is 1. The molecule has 3 aliphatic rings. The molecule has 0 aromatic heterocycles. The fraction of sp³-hybridized carbons (Fsp3) is 0.900. The Morgan fingerprint density at radius 2 is 1.85 bits per heavy atom. The van der Waals surface area contributed by atoms with Gasteiger partial charge in [0.2, 0.25) is 0 Å². The van der Waals surface area contributed by atoms with Crippen LogP contribution in [-0.2, 0) is 14.3 Å². The zero-order valence-electron chi connectivity index (χ0n) is 8.16. The predicted molar refractivity (Wildman–Crippen MR) is 47.1 cm³/mol. The number of rotatable bonds is 2. The summed E-state index contributed by atoms with van der Waals surface area (Å²) in [6, 6.07) is 0. The third-order valence-electron chi connectivity index (χ3n) is 3.59. The van der Waals surface area contributed by atoms with Crippen molar-refractivity contribution >= 4 is 5.97 Å². The first-order chi connectivity index (χ1) is 6.29. The van der Waals surface area contributed by atoms with Gasteiger partial charge in [0, 0.05) is 7.11 Å². The van der Waals surface area contributed by atoms with Crippen LogP contribution in [0.15, 0.2) is 0 Å². The van der Waals surface area contributed by atoms with Gasteiger partial charge in [-0.3, -0.25) is 4.79 Å². The van der Waals surface area contributed by atoms with Crippen LogP contribution < -0.4 is 0 Å². The Balaban J connectivity index is 2.05. The first-order valence-corrected chi connectivity index (χ1v) is 4.90. The molecule has 3 heteroatoms. The fourth-order valence-electron chi connectivity index (χ4n) is 3.01. The average Bonchev–Trinajstić information content (AvgIpc) is 2.19. The normalized spacial score (nSPS) is 42.3. The Morgan fingerprint density at radius 1 is 1.23 bits per heavy atom. The summed E-state index contributed by atoms with van der Waals surface area (Å²) in [5.74, 6) is 0.944. The van der Waals surface area contributed by atoms with Gasteiger partial charge in [-0.2, -0.15) is 0 Å². The topological polar surface area (TPSA) is 35.5 Å². The summed E-state index contributed by atoms with van der Waals surface area (Å²) in [6.07, 6.45) is 3.80. The third-order valence-corrected chi connectivity index (χ3v) is 3.59. The van der Waals surface area contributed by atoms with Crippen LogP contribution in [-0.4, -0.2) is 26.3 Å². The molecule has 3 aliphatic carbocycles. The molecule has 0 radical (unpaired) electrons. The van der Waals surface area contributed by atoms with Crippen LogP contribution in [0.3, 0.4) is 0 Å². The number of fused-ring (bicyclic) bond motifs is 2. The highest BCUT2D eigenvalue weighted by Gasteiger charge is 2.56. The van der Waals surface area contributed by atoms with E-state index in [0.29, 0.717) is 17.9 Å². The van der Waals surface area contributed by atoms with Gasteiger partial charge in [-0.15, -0.1) is 0 Å². The maximum atomic E-state index is 11.4. The number of carbonyl (C=O) groups is 1. The molecular formula is C10H16O3. The van der Waals surface area contributed by atoms with Crippen LogP contribution in [0.5, 0.6) is 0 Å². The SMILES string of the molecule is COC(=O)C1C2CCCC1C2OC. The molecule has 3 fully saturated rings. The van der Waals surface area contributed by atoms with Gasteiger partial charge in [0.25, 0.3) is 0 Å². The summed E-state index contributed by atoms with van der Waals surface area (Å²) in [5, 5.41) is 0. The molecule has 0 saturated heterocycles. The average molecular weight is 184 g/mol. The first-order valence-electron chi connectivity index (χ1n) is 4.90. The van der Waals surface area contributed by atoms with E-state index in [9.17, 15) is 4.79 Å². The molecule has 0 N–H and O–H groups in total. The Kier molecular flexibility index (Phi) is 2.28. The maximum Gasteiger partial charge on any atom is 0.309 e. The van der Waals surface area contributed by atoms with Crippen LogP contribution in [0.1, 0.15) is 19.3 Å². The van der Waals surface area contributed by atoms with Crippen molar-refractivity contribution in [3.8, 4) is 0 Å². The Bertz CT molecular complexity index is 202. The molecular weight excluding hydrogens is 168 g/mol. The van der Waals surface area contributed by atoms with Crippen molar-refractivity contribution in [2.24, 2.45) is 17.8 Å². The van der Waals surface area contributed by atoms with Crippen LogP contribution in [0.2, 0.25) is 0 Å². The smallest absolute Gasteiger partial charge is 0.309 e. The minimum atomic E-state index is -0.0389. The summed E-state index contributed by atoms with van der Waals surface area (Å²) in [7, 11) is 3.21. The summed E-state index contributed by atoms with van der Waals surface area (Å²) < 4.78 is 10.2. The number of hydrogen-bond donors (Lipinski definition) is 0. The first kappa shape index (κ1) is 9.00. The van der Waals surface area contributed by atoms with Crippen LogP contribution >= 0.6 is 0 Å². The third kappa shape index (κ3) is 1.17. The van der Waals surface area contributed by atoms with Crippen molar-refractivity contribution in [1.82, 2.24) is 0 Å². The van der Waals surface area contributed by atoms with E-state index in [0.717, 1.165) is 12.8 Å². The van der Waals surface area contributed by atoms with Crippen LogP contribution in [0.25, 0.3) is 0 Å². The van der Waals surface area contributed by atoms with Gasteiger partial charge in [0.05, 0.1) is 19.1 Å². The van der Waals surface area contributed by atoms with Crippen molar-refractivity contribution in [1.29, 1.82) is 0 Å². The standard InChI is InChI=1S/C10H16O3/c1-12-9-6-4-3-5-7(9)8(6)10(11)13-2/h6-9H,3-5H2,1-2H3. The lowest BCUT2D eigenvalue weighted by molar-refractivity contribution is -0.188. The summed E-state index contributed by atoms with van der Waals surface area (Å²) in [5.41, 5.74) is 0. The monoisotopic (exact) mass is 184 g/mol. The summed E-state index contributed by atoms with van der Waals surface area (Å²) >= 11 is 0. The zero-order valence-corrected chi connectivity index (χ0v) is 8.16. The molecule has 0 amide bonds. The quantitative estimate of drug-likeness (QED) is 0.605. The zero-order chi connectivity index (χ0) is 9.42. The van der Waals surface area contributed by atoms with E-state index in [1.54, 1.807) is 7.11 Å². The molecule has 3 nitrogen and oxygen atoms in total. The molecule has 0 spiro atoms. The van der Waals surface area contributed by atoms with E-state index in [1.807, 2.05) is 0 Å². The molecule has 0 aromatic carbocycles. The summed E-state index contributed by atoms with van der Waals surface area (Å²) in [4.78, 5) is 11.4. The summed E-state index contributed by atoms with van der Waals surface area (Å²) in [6.45, 7) is 0. The van der Waals surface area contributed by atoms with E-state index in [4.69, 9.17) is 9.47 Å². The van der Waals surface area contributed by atoms with Crippen LogP contribution in [0.4, 0.5) is 0 Å². The van der Waals surface area contributed by atoms with Gasteiger partial charge < -0.3 is 9.47 Å². The highest BCUT2D eigenvalue weighted by atomic mass is 16.5. The minimum absolute atomic E-state index is 0.0389. The van der Waals surface area contributed by atoms with E-state index < -0.39 is 0 Å². The molecule has 3 saturated carbocycles. The van der Waals surface area contributed by atoms with Gasteiger partial charge in [-0.1, -0.05) is 6.42 Å². The van der Waals surface area contributed by atoms with Crippen molar-refractivity contribution in [3.63, 3.8) is 0 Å². The Labute approximate surface area is 78.4 Å². The molecule has 3 rings (SSSR count). The Hall–Kier alpha value is -0.570. The molecule has 2 atom stereocenters. The highest BCUT2D eigenvalue weighted by molar-refractivity contribution is 5.74. The molecule has 0 aliphatic heterocycles. The van der Waals surface area contributed by atoms with Crippen molar-refractivity contribution < 1.29 is 14.3 Å². The number of hydrogen-bond acceptors (Lipinski definition) is 3. The minimum Gasteiger partial charge on any atom is -0.469 e. The predicted octanol–water partition coefficient (Wildman–Crippen LogP) is 1.22. The van der Waals surface area contributed by atoms with E-state index >= 15 is 0 Å². The lowest BCUT2D eigenvalue weighted by Crippen LogP contribution is -2.58. The maximum absolute atomic E-state index is 11.4. The van der Waals surface area contributed by atoms with Gasteiger partial charge in [0.1, 0.15) is 0 Å². The number of esters is 1. The number of ether oxygens (including phenoxy) is 2. The molecule has 2 bridgehead atoms. The molecule has 2 unspecified atom stereocenters. The van der Waals surface area contributed by atoms with Crippen molar-refractivity contribution in [2.75, 3.05) is 14.2 Å². The largest absolute Gasteiger partial charge is 0.469 e. The molecule has 13 heavy (non-hydrogen) atoms. The van der Waals surface area contributed by atoms with Gasteiger partial charge >= 0.3 is 5.97 Å². The fourth-order valence-corrected chi connectivity index (χ4v) is 3.01. The lowest BCUT2D eigenvalue weighted by Gasteiger charge is -2.53. The van der Waals surface area contributed by atoms with E-state index in [-0.39, 0.29) is 11.9 Å². The van der Waals surface area contributed by atoms with Gasteiger partial charge in [-0.05, 0) is 24.7 Å².